The zero-order chi connectivity index (χ0) is 13.7. The van der Waals surface area contributed by atoms with E-state index < -0.39 is 5.60 Å². The lowest BCUT2D eigenvalue weighted by molar-refractivity contribution is -0.137. The summed E-state index contributed by atoms with van der Waals surface area (Å²) >= 11 is 0. The molecule has 0 unspecified atom stereocenters. The highest BCUT2D eigenvalue weighted by Gasteiger charge is 2.31. The fourth-order valence-electron chi connectivity index (χ4n) is 2.61. The Morgan fingerprint density at radius 3 is 2.42 bits per heavy atom. The van der Waals surface area contributed by atoms with Crippen LogP contribution in [0.25, 0.3) is 0 Å². The van der Waals surface area contributed by atoms with Crippen LogP contribution in [0.4, 0.5) is 0 Å². The van der Waals surface area contributed by atoms with Crippen LogP contribution < -0.4 is 0 Å². The molecule has 0 radical (unpaired) electrons. The van der Waals surface area contributed by atoms with Crippen molar-refractivity contribution in [2.24, 2.45) is 0 Å². The number of hydrogen-bond acceptors (Lipinski definition) is 5. The molecule has 6 nitrogen and oxygen atoms in total. The van der Waals surface area contributed by atoms with Gasteiger partial charge in [0.15, 0.2) is 0 Å². The highest BCUT2D eigenvalue weighted by molar-refractivity contribution is 5.78. The molecule has 2 fully saturated rings. The van der Waals surface area contributed by atoms with Crippen molar-refractivity contribution in [3.05, 3.63) is 0 Å². The molecule has 6 heteroatoms. The van der Waals surface area contributed by atoms with Crippen LogP contribution in [0.5, 0.6) is 0 Å². The average molecular weight is 272 g/mol. The van der Waals surface area contributed by atoms with Crippen LogP contribution in [-0.2, 0) is 14.3 Å². The van der Waals surface area contributed by atoms with Crippen molar-refractivity contribution in [1.82, 2.24) is 9.80 Å². The SMILES string of the molecule is CN(CC(=O)N1CCOCC1)CC1(O)CCOCC1. The molecule has 0 aromatic carbocycles. The summed E-state index contributed by atoms with van der Waals surface area (Å²) in [6.07, 6.45) is 1.28. The van der Waals surface area contributed by atoms with Crippen LogP contribution in [0, 0.1) is 0 Å². The Labute approximate surface area is 114 Å². The predicted molar refractivity (Wildman–Crippen MR) is 69.9 cm³/mol. The van der Waals surface area contributed by atoms with E-state index in [9.17, 15) is 9.90 Å². The zero-order valence-corrected chi connectivity index (χ0v) is 11.6. The van der Waals surface area contributed by atoms with Crippen molar-refractivity contribution < 1.29 is 19.4 Å². The number of amides is 1. The summed E-state index contributed by atoms with van der Waals surface area (Å²) in [6, 6.07) is 0. The van der Waals surface area contributed by atoms with E-state index >= 15 is 0 Å². The summed E-state index contributed by atoms with van der Waals surface area (Å²) in [4.78, 5) is 15.8. The van der Waals surface area contributed by atoms with E-state index in [4.69, 9.17) is 9.47 Å². The van der Waals surface area contributed by atoms with Crippen molar-refractivity contribution in [3.8, 4) is 0 Å². The fraction of sp³-hybridized carbons (Fsp3) is 0.923. The minimum absolute atomic E-state index is 0.112. The topological polar surface area (TPSA) is 62.2 Å². The number of carbonyl (C=O) groups excluding carboxylic acids is 1. The minimum atomic E-state index is -0.710. The van der Waals surface area contributed by atoms with E-state index in [0.29, 0.717) is 65.4 Å². The summed E-state index contributed by atoms with van der Waals surface area (Å²) in [6.45, 7) is 4.65. The van der Waals surface area contributed by atoms with Crippen LogP contribution in [0.3, 0.4) is 0 Å². The van der Waals surface area contributed by atoms with Crippen LogP contribution in [-0.4, -0.2) is 86.1 Å². The minimum Gasteiger partial charge on any atom is -0.388 e. The number of ether oxygens (including phenoxy) is 2. The van der Waals surface area contributed by atoms with Gasteiger partial charge in [-0.15, -0.1) is 0 Å². The Morgan fingerprint density at radius 1 is 1.21 bits per heavy atom. The van der Waals surface area contributed by atoms with Crippen molar-refractivity contribution in [2.45, 2.75) is 18.4 Å². The average Bonchev–Trinajstić information content (AvgIpc) is 2.39. The van der Waals surface area contributed by atoms with Gasteiger partial charge in [0.05, 0.1) is 25.4 Å². The van der Waals surface area contributed by atoms with Gasteiger partial charge in [0.1, 0.15) is 0 Å². The molecule has 2 rings (SSSR count). The molecule has 2 saturated heterocycles. The third-order valence-electron chi connectivity index (χ3n) is 3.76. The standard InChI is InChI=1S/C13H24N2O4/c1-14(11-13(17)2-6-18-7-3-13)10-12(16)15-4-8-19-9-5-15/h17H,2-11H2,1H3. The second-order valence-corrected chi connectivity index (χ2v) is 5.50. The van der Waals surface area contributed by atoms with Crippen LogP contribution in [0.15, 0.2) is 0 Å². The molecule has 19 heavy (non-hydrogen) atoms. The number of likely N-dealkylation sites (N-methyl/N-ethyl adjacent to an activating group) is 1. The van der Waals surface area contributed by atoms with Gasteiger partial charge in [-0.05, 0) is 7.05 Å². The molecule has 2 heterocycles. The molecule has 110 valence electrons. The van der Waals surface area contributed by atoms with Crippen LogP contribution >= 0.6 is 0 Å². The molecular formula is C13H24N2O4. The Bertz CT molecular complexity index is 299. The smallest absolute Gasteiger partial charge is 0.236 e. The molecule has 0 aliphatic carbocycles. The van der Waals surface area contributed by atoms with Gasteiger partial charge in [-0.3, -0.25) is 9.69 Å². The lowest BCUT2D eigenvalue weighted by Crippen LogP contribution is -2.50. The van der Waals surface area contributed by atoms with Crippen LogP contribution in [0.1, 0.15) is 12.8 Å². The van der Waals surface area contributed by atoms with Crippen molar-refractivity contribution in [1.29, 1.82) is 0 Å². The number of nitrogens with zero attached hydrogens (tertiary/aromatic N) is 2. The van der Waals surface area contributed by atoms with E-state index in [0.717, 1.165) is 0 Å². The van der Waals surface area contributed by atoms with Crippen LogP contribution in [0.2, 0.25) is 0 Å². The fourth-order valence-corrected chi connectivity index (χ4v) is 2.61. The normalized spacial score (nSPS) is 23.6. The number of hydrogen-bond donors (Lipinski definition) is 1. The maximum absolute atomic E-state index is 12.1. The predicted octanol–water partition coefficient (Wildman–Crippen LogP) is -0.681. The lowest BCUT2D eigenvalue weighted by Gasteiger charge is -2.36. The summed E-state index contributed by atoms with van der Waals surface area (Å²) in [5.74, 6) is 0.112. The zero-order valence-electron chi connectivity index (χ0n) is 11.6. The van der Waals surface area contributed by atoms with E-state index in [-0.39, 0.29) is 5.91 Å². The number of morpholine rings is 1. The van der Waals surface area contributed by atoms with E-state index in [1.807, 2.05) is 16.8 Å². The second kappa shape index (κ2) is 6.65. The van der Waals surface area contributed by atoms with Gasteiger partial charge in [0.2, 0.25) is 5.91 Å². The van der Waals surface area contributed by atoms with Gasteiger partial charge in [0.25, 0.3) is 0 Å². The molecular weight excluding hydrogens is 248 g/mol. The van der Waals surface area contributed by atoms with Crippen molar-refractivity contribution in [2.75, 3.05) is 59.7 Å². The van der Waals surface area contributed by atoms with E-state index in [1.165, 1.54) is 0 Å². The number of carbonyl (C=O) groups is 1. The molecule has 0 spiro atoms. The summed E-state index contributed by atoms with van der Waals surface area (Å²) < 4.78 is 10.5. The molecule has 0 aromatic rings. The Morgan fingerprint density at radius 2 is 1.79 bits per heavy atom. The molecule has 2 aliphatic rings. The molecule has 0 atom stereocenters. The number of aliphatic hydroxyl groups is 1. The highest BCUT2D eigenvalue weighted by atomic mass is 16.5. The van der Waals surface area contributed by atoms with Gasteiger partial charge in [0, 0.05) is 45.7 Å². The Hall–Kier alpha value is -0.690. The first-order valence-electron chi connectivity index (χ1n) is 6.93. The summed E-state index contributed by atoms with van der Waals surface area (Å²) in [5.41, 5.74) is -0.710. The molecule has 1 N–H and O–H groups in total. The first-order chi connectivity index (χ1) is 9.09. The third kappa shape index (κ3) is 4.42. The maximum atomic E-state index is 12.1. The van der Waals surface area contributed by atoms with Gasteiger partial charge < -0.3 is 19.5 Å². The molecule has 1 amide bonds. The molecule has 0 saturated carbocycles. The lowest BCUT2D eigenvalue weighted by atomic mass is 9.94. The van der Waals surface area contributed by atoms with Gasteiger partial charge in [-0.1, -0.05) is 0 Å². The molecule has 0 aromatic heterocycles. The van der Waals surface area contributed by atoms with Gasteiger partial charge >= 0.3 is 0 Å². The van der Waals surface area contributed by atoms with Gasteiger partial charge in [-0.2, -0.15) is 0 Å². The summed E-state index contributed by atoms with van der Waals surface area (Å²) in [5, 5.41) is 10.4. The molecule has 0 bridgehead atoms. The van der Waals surface area contributed by atoms with Gasteiger partial charge in [-0.25, -0.2) is 0 Å². The quantitative estimate of drug-likeness (QED) is 0.734. The van der Waals surface area contributed by atoms with Crippen molar-refractivity contribution >= 4 is 5.91 Å². The van der Waals surface area contributed by atoms with Crippen molar-refractivity contribution in [3.63, 3.8) is 0 Å². The monoisotopic (exact) mass is 272 g/mol. The first kappa shape index (κ1) is 14.7. The Kier molecular flexibility index (Phi) is 5.15. The number of rotatable bonds is 4. The Balaban J connectivity index is 1.76. The third-order valence-corrected chi connectivity index (χ3v) is 3.76. The maximum Gasteiger partial charge on any atom is 0.236 e. The first-order valence-corrected chi connectivity index (χ1v) is 6.93. The molecule has 2 aliphatic heterocycles. The highest BCUT2D eigenvalue weighted by Crippen LogP contribution is 2.21. The largest absolute Gasteiger partial charge is 0.388 e. The second-order valence-electron chi connectivity index (χ2n) is 5.50. The summed E-state index contributed by atoms with van der Waals surface area (Å²) in [7, 11) is 1.88. The van der Waals surface area contributed by atoms with E-state index in [2.05, 4.69) is 0 Å². The van der Waals surface area contributed by atoms with E-state index in [1.54, 1.807) is 0 Å².